The number of aromatic nitrogens is 1. The molecule has 0 bridgehead atoms. The monoisotopic (exact) mass is 449 g/mol. The van der Waals surface area contributed by atoms with E-state index >= 15 is 8.78 Å². The number of aromatic carboxylic acids is 1. The number of carboxylic acid groups (broad SMARTS) is 1. The number of hydrogen-bond donors (Lipinski definition) is 2. The van der Waals surface area contributed by atoms with E-state index in [4.69, 9.17) is 0 Å². The highest BCUT2D eigenvalue weighted by atomic mass is 19.1. The van der Waals surface area contributed by atoms with Gasteiger partial charge in [0, 0.05) is 25.4 Å². The fourth-order valence-electron chi connectivity index (χ4n) is 4.20. The Morgan fingerprint density at radius 3 is 2.59 bits per heavy atom. The molecule has 1 aliphatic heterocycles. The number of carbonyl (C=O) groups is 1. The third kappa shape index (κ3) is 3.60. The van der Waals surface area contributed by atoms with Crippen LogP contribution in [0.2, 0.25) is 0 Å². The average molecular weight is 449 g/mol. The first-order valence-electron chi connectivity index (χ1n) is 9.88. The summed E-state index contributed by atoms with van der Waals surface area (Å²) in [4.78, 5) is 25.7. The Hall–Kier alpha value is -3.40. The molecule has 10 heteroatoms. The van der Waals surface area contributed by atoms with E-state index in [2.05, 4.69) is 5.32 Å². The van der Waals surface area contributed by atoms with E-state index < -0.39 is 51.1 Å². The Balaban J connectivity index is 2.03. The molecule has 1 aliphatic rings. The summed E-state index contributed by atoms with van der Waals surface area (Å²) < 4.78 is 59.6. The first kappa shape index (κ1) is 21.8. The van der Waals surface area contributed by atoms with Crippen molar-refractivity contribution in [3.63, 3.8) is 0 Å². The van der Waals surface area contributed by atoms with E-state index in [1.165, 1.54) is 4.90 Å². The summed E-state index contributed by atoms with van der Waals surface area (Å²) in [7, 11) is 1.77. The van der Waals surface area contributed by atoms with Gasteiger partial charge in [-0.2, -0.15) is 0 Å². The molecule has 0 aliphatic carbocycles. The van der Waals surface area contributed by atoms with E-state index in [0.29, 0.717) is 32.1 Å². The van der Waals surface area contributed by atoms with Crippen LogP contribution in [-0.2, 0) is 0 Å². The van der Waals surface area contributed by atoms with Gasteiger partial charge in [-0.1, -0.05) is 0 Å². The van der Waals surface area contributed by atoms with E-state index in [-0.39, 0.29) is 17.3 Å². The zero-order valence-electron chi connectivity index (χ0n) is 17.0. The van der Waals surface area contributed by atoms with Gasteiger partial charge in [0.05, 0.1) is 16.6 Å². The van der Waals surface area contributed by atoms with Gasteiger partial charge in [0.1, 0.15) is 28.7 Å². The molecule has 3 aromatic rings. The van der Waals surface area contributed by atoms with Crippen LogP contribution in [0.3, 0.4) is 0 Å². The molecule has 0 amide bonds. The van der Waals surface area contributed by atoms with Gasteiger partial charge in [-0.15, -0.1) is 0 Å². The van der Waals surface area contributed by atoms with Crippen LogP contribution in [0, 0.1) is 29.2 Å². The summed E-state index contributed by atoms with van der Waals surface area (Å²) in [6.07, 6.45) is 1.46. The van der Waals surface area contributed by atoms with Crippen molar-refractivity contribution in [3.05, 3.63) is 69.5 Å². The number of nitrogens with zero attached hydrogens (tertiary/aromatic N) is 2. The first-order chi connectivity index (χ1) is 15.2. The molecule has 1 aromatic heterocycles. The molecule has 1 saturated heterocycles. The summed E-state index contributed by atoms with van der Waals surface area (Å²) in [6, 6.07) is 3.21. The maximum Gasteiger partial charge on any atom is 0.341 e. The van der Waals surface area contributed by atoms with Crippen LogP contribution in [0.15, 0.2) is 35.3 Å². The second kappa shape index (κ2) is 8.27. The standard InChI is InChI=1S/C22H19F4N3O3/c1-27-8-11-4-5-28(9-11)20-16(25)7-13-19(18(20)26)29(10-14(21(13)30)22(31)32)17-3-2-12(23)6-15(17)24/h2-3,6-7,10-11,27H,4-5,8-9H2,1H3,(H,31,32). The molecular formula is C22H19F4N3O3. The predicted octanol–water partition coefficient (Wildman–Crippen LogP) is 3.29. The fraction of sp³-hybridized carbons (Fsp3) is 0.273. The summed E-state index contributed by atoms with van der Waals surface area (Å²) in [5.41, 5.74) is -3.16. The lowest BCUT2D eigenvalue weighted by atomic mass is 10.1. The van der Waals surface area contributed by atoms with Crippen LogP contribution in [0.25, 0.3) is 16.6 Å². The fourth-order valence-corrected chi connectivity index (χ4v) is 4.20. The van der Waals surface area contributed by atoms with Crippen molar-refractivity contribution in [2.24, 2.45) is 5.92 Å². The minimum atomic E-state index is -1.65. The van der Waals surface area contributed by atoms with Gasteiger partial charge < -0.3 is 19.9 Å². The van der Waals surface area contributed by atoms with Crippen molar-refractivity contribution in [1.82, 2.24) is 9.88 Å². The molecule has 32 heavy (non-hydrogen) atoms. The number of halogens is 4. The molecule has 0 saturated carbocycles. The van der Waals surface area contributed by atoms with Gasteiger partial charge in [-0.3, -0.25) is 4.79 Å². The van der Waals surface area contributed by atoms with Crippen LogP contribution in [-0.4, -0.2) is 42.3 Å². The highest BCUT2D eigenvalue weighted by molar-refractivity contribution is 5.94. The first-order valence-corrected chi connectivity index (χ1v) is 9.88. The molecule has 1 fully saturated rings. The quantitative estimate of drug-likeness (QED) is 0.585. The highest BCUT2D eigenvalue weighted by Gasteiger charge is 2.30. The smallest absolute Gasteiger partial charge is 0.341 e. The van der Waals surface area contributed by atoms with Crippen LogP contribution < -0.4 is 15.6 Å². The summed E-state index contributed by atoms with van der Waals surface area (Å²) in [6.45, 7) is 1.39. The Bertz CT molecular complexity index is 1290. The summed E-state index contributed by atoms with van der Waals surface area (Å²) in [5.74, 6) is -5.64. The molecule has 2 aromatic carbocycles. The van der Waals surface area contributed by atoms with Gasteiger partial charge in [-0.25, -0.2) is 22.4 Å². The molecule has 1 unspecified atom stereocenters. The third-order valence-electron chi connectivity index (χ3n) is 5.65. The van der Waals surface area contributed by atoms with Crippen LogP contribution in [0.1, 0.15) is 16.8 Å². The number of rotatable bonds is 5. The lowest BCUT2D eigenvalue weighted by Gasteiger charge is -2.22. The van der Waals surface area contributed by atoms with Gasteiger partial charge in [0.15, 0.2) is 5.82 Å². The molecule has 1 atom stereocenters. The molecule has 0 spiro atoms. The second-order valence-electron chi connectivity index (χ2n) is 7.72. The summed E-state index contributed by atoms with van der Waals surface area (Å²) in [5, 5.41) is 11.8. The van der Waals surface area contributed by atoms with Crippen molar-refractivity contribution >= 4 is 22.6 Å². The van der Waals surface area contributed by atoms with Crippen molar-refractivity contribution in [3.8, 4) is 5.69 Å². The normalized spacial score (nSPS) is 16.2. The molecule has 2 N–H and O–H groups in total. The van der Waals surface area contributed by atoms with Crippen molar-refractivity contribution in [1.29, 1.82) is 0 Å². The van der Waals surface area contributed by atoms with Gasteiger partial charge >= 0.3 is 5.97 Å². The van der Waals surface area contributed by atoms with E-state index in [9.17, 15) is 23.5 Å². The number of pyridine rings is 1. The molecule has 2 heterocycles. The summed E-state index contributed by atoms with van der Waals surface area (Å²) >= 11 is 0. The Morgan fingerprint density at radius 2 is 1.94 bits per heavy atom. The maximum absolute atomic E-state index is 15.8. The SMILES string of the molecule is CNCC1CCN(c2c(F)cc3c(=O)c(C(=O)O)cn(-c4ccc(F)cc4F)c3c2F)C1. The molecule has 6 nitrogen and oxygen atoms in total. The van der Waals surface area contributed by atoms with E-state index in [0.717, 1.165) is 29.0 Å². The van der Waals surface area contributed by atoms with Gasteiger partial charge in [0.25, 0.3) is 0 Å². The lowest BCUT2D eigenvalue weighted by Crippen LogP contribution is -2.27. The minimum absolute atomic E-state index is 0.153. The molecule has 4 rings (SSSR count). The number of nitrogens with one attached hydrogen (secondary N) is 1. The Labute approximate surface area is 179 Å². The predicted molar refractivity (Wildman–Crippen MR) is 111 cm³/mol. The largest absolute Gasteiger partial charge is 0.477 e. The highest BCUT2D eigenvalue weighted by Crippen LogP contribution is 2.34. The van der Waals surface area contributed by atoms with Crippen LogP contribution in [0.4, 0.5) is 23.2 Å². The van der Waals surface area contributed by atoms with Crippen molar-refractivity contribution in [2.45, 2.75) is 6.42 Å². The van der Waals surface area contributed by atoms with Crippen LogP contribution >= 0.6 is 0 Å². The zero-order valence-corrected chi connectivity index (χ0v) is 17.0. The number of benzene rings is 2. The topological polar surface area (TPSA) is 74.6 Å². The van der Waals surface area contributed by atoms with E-state index in [1.54, 1.807) is 7.05 Å². The van der Waals surface area contributed by atoms with E-state index in [1.807, 2.05) is 0 Å². The van der Waals surface area contributed by atoms with Crippen LogP contribution in [0.5, 0.6) is 0 Å². The minimum Gasteiger partial charge on any atom is -0.477 e. The molecule has 0 radical (unpaired) electrons. The number of anilines is 1. The second-order valence-corrected chi connectivity index (χ2v) is 7.72. The number of carboxylic acids is 1. The lowest BCUT2D eigenvalue weighted by molar-refractivity contribution is 0.0695. The number of hydrogen-bond acceptors (Lipinski definition) is 4. The zero-order chi connectivity index (χ0) is 23.2. The Morgan fingerprint density at radius 1 is 1.19 bits per heavy atom. The molecule has 168 valence electrons. The van der Waals surface area contributed by atoms with Crippen molar-refractivity contribution < 1.29 is 27.5 Å². The Kier molecular flexibility index (Phi) is 5.64. The third-order valence-corrected chi connectivity index (χ3v) is 5.65. The average Bonchev–Trinajstić information content (AvgIpc) is 3.17. The number of fused-ring (bicyclic) bond motifs is 1. The van der Waals surface area contributed by atoms with Gasteiger partial charge in [0.2, 0.25) is 5.43 Å². The van der Waals surface area contributed by atoms with Crippen molar-refractivity contribution in [2.75, 3.05) is 31.6 Å². The van der Waals surface area contributed by atoms with Gasteiger partial charge in [-0.05, 0) is 44.1 Å². The molecular weight excluding hydrogens is 430 g/mol. The maximum atomic E-state index is 15.8.